The molecule has 10 heteroatoms. The van der Waals surface area contributed by atoms with Crippen LogP contribution in [0.1, 0.15) is 54.9 Å². The third-order valence-electron chi connectivity index (χ3n) is 12.9. The van der Waals surface area contributed by atoms with Gasteiger partial charge in [-0.2, -0.15) is 0 Å². The maximum absolute atomic E-state index is 15.2. The van der Waals surface area contributed by atoms with E-state index < -0.39 is 19.8 Å². The molecular formula is C45H51N3O6Si. The van der Waals surface area contributed by atoms with Gasteiger partial charge in [0.05, 0.1) is 52.6 Å². The minimum atomic E-state index is -2.48. The van der Waals surface area contributed by atoms with Gasteiger partial charge in [-0.15, -0.1) is 0 Å². The fourth-order valence-electron chi connectivity index (χ4n) is 10.00. The van der Waals surface area contributed by atoms with E-state index in [4.69, 9.17) is 9.47 Å². The lowest BCUT2D eigenvalue weighted by atomic mass is 9.82. The fraction of sp³-hybridized carbons (Fsp3) is 0.400. The minimum Gasteiger partial charge on any atom is -0.497 e. The summed E-state index contributed by atoms with van der Waals surface area (Å²) in [5.74, 6) is 0.485. The van der Waals surface area contributed by atoms with Crippen LogP contribution >= 0.6 is 0 Å². The first-order valence-electron chi connectivity index (χ1n) is 19.7. The van der Waals surface area contributed by atoms with E-state index in [0.29, 0.717) is 25.9 Å². The van der Waals surface area contributed by atoms with E-state index in [1.165, 1.54) is 5.19 Å². The van der Waals surface area contributed by atoms with Crippen molar-refractivity contribution in [2.45, 2.75) is 88.5 Å². The first kappa shape index (κ1) is 37.2. The average molecular weight is 758 g/mol. The van der Waals surface area contributed by atoms with Gasteiger partial charge in [0.25, 0.3) is 5.91 Å². The van der Waals surface area contributed by atoms with Crippen LogP contribution in [0, 0.1) is 5.92 Å². The number of hydrogen-bond donors (Lipinski definition) is 1. The number of piperidine rings is 1. The Kier molecular flexibility index (Phi) is 9.94. The number of benzene rings is 4. The highest BCUT2D eigenvalue weighted by Gasteiger charge is 2.66. The molecule has 5 atom stereocenters. The van der Waals surface area contributed by atoms with E-state index in [9.17, 15) is 14.7 Å². The summed E-state index contributed by atoms with van der Waals surface area (Å²) < 4.78 is 12.8. The molecule has 8 rings (SSSR count). The quantitative estimate of drug-likeness (QED) is 0.201. The number of nitrogens with zero attached hydrogens (tertiary/aromatic N) is 3. The molecule has 0 saturated carbocycles. The van der Waals surface area contributed by atoms with Crippen molar-refractivity contribution in [1.29, 1.82) is 0 Å². The van der Waals surface area contributed by atoms with Crippen LogP contribution in [0.3, 0.4) is 0 Å². The SMILES string of the molecule is COc1ccc([Si](C)(C)[C@@H]2[C@@H](CC(=O)N3Cc4ccccc4C[C@H]3CO)O[C@]3(C(=O)N(Cc4ccc(N5CCCCC5=O)cc4)c4ccccc43)[C@H]2C)cc1. The monoisotopic (exact) mass is 757 g/mol. The molecule has 0 radical (unpaired) electrons. The fourth-order valence-corrected chi connectivity index (χ4v) is 14.0. The summed E-state index contributed by atoms with van der Waals surface area (Å²) in [5.41, 5.74) is 4.35. The molecule has 4 aliphatic rings. The highest BCUT2D eigenvalue weighted by atomic mass is 28.3. The number of fused-ring (bicyclic) bond motifs is 3. The van der Waals surface area contributed by atoms with Crippen molar-refractivity contribution in [3.05, 3.63) is 119 Å². The number of ether oxygens (including phenoxy) is 2. The second-order valence-corrected chi connectivity index (χ2v) is 21.0. The van der Waals surface area contributed by atoms with Gasteiger partial charge in [0.15, 0.2) is 5.60 Å². The molecule has 0 unspecified atom stereocenters. The number of anilines is 2. The molecule has 0 aliphatic carbocycles. The molecule has 0 aromatic heterocycles. The van der Waals surface area contributed by atoms with E-state index in [1.54, 1.807) is 7.11 Å². The van der Waals surface area contributed by atoms with Crippen LogP contribution in [0.25, 0.3) is 0 Å². The first-order valence-corrected chi connectivity index (χ1v) is 22.7. The van der Waals surface area contributed by atoms with Crippen LogP contribution in [0.5, 0.6) is 5.75 Å². The van der Waals surface area contributed by atoms with Gasteiger partial charge in [0.2, 0.25) is 11.8 Å². The zero-order chi connectivity index (χ0) is 38.5. The lowest BCUT2D eigenvalue weighted by Crippen LogP contribution is -2.52. The molecular weight excluding hydrogens is 707 g/mol. The smallest absolute Gasteiger partial charge is 0.264 e. The number of hydrogen-bond acceptors (Lipinski definition) is 6. The van der Waals surface area contributed by atoms with Crippen LogP contribution in [0.4, 0.5) is 11.4 Å². The largest absolute Gasteiger partial charge is 0.497 e. The Bertz CT molecular complexity index is 2090. The summed E-state index contributed by atoms with van der Waals surface area (Å²) in [6, 6.07) is 31.9. The molecule has 4 aromatic rings. The van der Waals surface area contributed by atoms with Crippen molar-refractivity contribution in [2.24, 2.45) is 5.92 Å². The van der Waals surface area contributed by atoms with Crippen molar-refractivity contribution in [1.82, 2.24) is 4.90 Å². The third-order valence-corrected chi connectivity index (χ3v) is 17.3. The van der Waals surface area contributed by atoms with Crippen LogP contribution < -0.4 is 19.7 Å². The predicted molar refractivity (Wildman–Crippen MR) is 216 cm³/mol. The number of amides is 3. The van der Waals surface area contributed by atoms with E-state index in [0.717, 1.165) is 58.8 Å². The maximum atomic E-state index is 15.2. The highest BCUT2D eigenvalue weighted by molar-refractivity contribution is 6.91. The molecule has 1 spiro atoms. The first-order chi connectivity index (χ1) is 26.6. The number of methoxy groups -OCH3 is 1. The Morgan fingerprint density at radius 3 is 2.35 bits per heavy atom. The number of carbonyl (C=O) groups excluding carboxylic acids is 3. The van der Waals surface area contributed by atoms with Crippen LogP contribution in [0.15, 0.2) is 97.1 Å². The van der Waals surface area contributed by atoms with Crippen molar-refractivity contribution >= 4 is 42.4 Å². The topological polar surface area (TPSA) is 99.6 Å². The van der Waals surface area contributed by atoms with Crippen LogP contribution in [-0.4, -0.2) is 68.2 Å². The molecule has 4 aromatic carbocycles. The number of aliphatic hydroxyl groups is 1. The van der Waals surface area contributed by atoms with Crippen molar-refractivity contribution in [3.63, 3.8) is 0 Å². The van der Waals surface area contributed by atoms with Gasteiger partial charge in [-0.05, 0) is 71.8 Å². The Balaban J connectivity index is 1.14. The second kappa shape index (κ2) is 14.7. The van der Waals surface area contributed by atoms with Gasteiger partial charge < -0.3 is 29.3 Å². The van der Waals surface area contributed by atoms with Crippen molar-refractivity contribution < 1.29 is 29.0 Å². The molecule has 2 saturated heterocycles. The Hall–Kier alpha value is -4.77. The summed E-state index contributed by atoms with van der Waals surface area (Å²) in [4.78, 5) is 47.9. The van der Waals surface area contributed by atoms with Gasteiger partial charge in [-0.25, -0.2) is 0 Å². The summed E-state index contributed by atoms with van der Waals surface area (Å²) in [7, 11) is -0.820. The summed E-state index contributed by atoms with van der Waals surface area (Å²) in [6.45, 7) is 8.16. The van der Waals surface area contributed by atoms with Gasteiger partial charge in [0, 0.05) is 36.7 Å². The number of para-hydroxylation sites is 1. The van der Waals surface area contributed by atoms with Crippen LogP contribution in [-0.2, 0) is 44.2 Å². The Morgan fingerprint density at radius 2 is 1.64 bits per heavy atom. The van der Waals surface area contributed by atoms with Crippen LogP contribution in [0.2, 0.25) is 18.6 Å². The summed E-state index contributed by atoms with van der Waals surface area (Å²) in [6.07, 6.45) is 2.65. The molecule has 1 N–H and O–H groups in total. The second-order valence-electron chi connectivity index (χ2n) is 16.3. The van der Waals surface area contributed by atoms with Gasteiger partial charge in [0.1, 0.15) is 5.75 Å². The van der Waals surface area contributed by atoms with Gasteiger partial charge in [-0.1, -0.05) is 91.9 Å². The normalized spacial score (nSPS) is 25.0. The zero-order valence-electron chi connectivity index (χ0n) is 32.2. The maximum Gasteiger partial charge on any atom is 0.264 e. The lowest BCUT2D eigenvalue weighted by Gasteiger charge is -2.39. The number of carbonyl (C=O) groups is 3. The van der Waals surface area contributed by atoms with Crippen molar-refractivity contribution in [2.75, 3.05) is 30.1 Å². The minimum absolute atomic E-state index is 0.0739. The lowest BCUT2D eigenvalue weighted by molar-refractivity contribution is -0.151. The third kappa shape index (κ3) is 6.38. The molecule has 9 nitrogen and oxygen atoms in total. The Morgan fingerprint density at radius 1 is 0.927 bits per heavy atom. The van der Waals surface area contributed by atoms with Crippen molar-refractivity contribution in [3.8, 4) is 5.75 Å². The molecule has 4 aliphatic heterocycles. The zero-order valence-corrected chi connectivity index (χ0v) is 33.2. The number of rotatable bonds is 9. The van der Waals surface area contributed by atoms with E-state index in [-0.39, 0.29) is 48.3 Å². The van der Waals surface area contributed by atoms with E-state index >= 15 is 4.79 Å². The highest BCUT2D eigenvalue weighted by Crippen LogP contribution is 2.60. The molecule has 3 amide bonds. The Labute approximate surface area is 324 Å². The summed E-state index contributed by atoms with van der Waals surface area (Å²) >= 11 is 0. The predicted octanol–water partition coefficient (Wildman–Crippen LogP) is 6.31. The molecule has 4 heterocycles. The molecule has 286 valence electrons. The standard InChI is InChI=1S/C45H51N3O6Si/c1-30-43(55(3,4)37-22-20-36(53-2)21-23-37)40(26-42(51)47-28-33-12-6-5-11-32(33)25-35(47)29-49)54-45(30)38-13-7-8-14-39(38)48(44(45)52)27-31-16-18-34(19-17-31)46-24-10-9-15-41(46)50/h5-8,11-14,16-23,30,35,40,43,49H,9-10,15,24-29H2,1-4H3/t30-,35-,40+,43-,45+/m0/s1. The van der Waals surface area contributed by atoms with E-state index in [1.807, 2.05) is 87.5 Å². The molecule has 55 heavy (non-hydrogen) atoms. The average Bonchev–Trinajstić information content (AvgIpc) is 3.63. The van der Waals surface area contributed by atoms with E-state index in [2.05, 4.69) is 44.3 Å². The molecule has 0 bridgehead atoms. The van der Waals surface area contributed by atoms with Gasteiger partial charge >= 0.3 is 0 Å². The summed E-state index contributed by atoms with van der Waals surface area (Å²) in [5, 5.41) is 11.7. The van der Waals surface area contributed by atoms with Gasteiger partial charge in [-0.3, -0.25) is 14.4 Å². The molecule has 2 fully saturated rings. The number of aliphatic hydroxyl groups excluding tert-OH is 1.